The number of hydrazine groups is 1. The van der Waals surface area contributed by atoms with Crippen LogP contribution >= 0.6 is 11.6 Å². The van der Waals surface area contributed by atoms with Crippen LogP contribution in [-0.4, -0.2) is 40.8 Å². The molecule has 23 heavy (non-hydrogen) atoms. The maximum Gasteiger partial charge on any atom is 0.224 e. The lowest BCUT2D eigenvalue weighted by atomic mass is 10.2. The van der Waals surface area contributed by atoms with E-state index in [1.165, 1.54) is 19.3 Å². The monoisotopic (exact) mass is 336 g/mol. The van der Waals surface area contributed by atoms with Gasteiger partial charge < -0.3 is 10.2 Å². The van der Waals surface area contributed by atoms with Crippen molar-refractivity contribution in [2.24, 2.45) is 0 Å². The largest absolute Gasteiger partial charge is 0.366 e. The summed E-state index contributed by atoms with van der Waals surface area (Å²) < 4.78 is 5.65. The van der Waals surface area contributed by atoms with E-state index in [9.17, 15) is 0 Å². The van der Waals surface area contributed by atoms with E-state index in [2.05, 4.69) is 39.2 Å². The van der Waals surface area contributed by atoms with E-state index in [1.807, 2.05) is 6.92 Å². The van der Waals surface area contributed by atoms with Gasteiger partial charge in [0.25, 0.3) is 0 Å². The quantitative estimate of drug-likeness (QED) is 0.636. The normalized spacial score (nSPS) is 16.5. The zero-order valence-corrected chi connectivity index (χ0v) is 14.7. The minimum atomic E-state index is -0.0523. The van der Waals surface area contributed by atoms with Gasteiger partial charge in [-0.3, -0.25) is 0 Å². The van der Waals surface area contributed by atoms with Crippen molar-refractivity contribution in [1.29, 1.82) is 0 Å². The molecular weight excluding hydrogens is 312 g/mol. The number of nitrogens with zero attached hydrogens (tertiary/aromatic N) is 3. The molecule has 1 saturated heterocycles. The lowest BCUT2D eigenvalue weighted by Crippen LogP contribution is -2.35. The van der Waals surface area contributed by atoms with Gasteiger partial charge in [0.1, 0.15) is 6.10 Å². The standard InChI is InChI=1S/C17H25ClN4O/c1-3-8-15(23-4-2)10-9-14-13-19-17(18)20-16(14)21-22-11-6-5-7-12-22/h13,15H,3-8,11-12H2,1-2H3,(H,19,20,21). The van der Waals surface area contributed by atoms with Crippen LogP contribution in [0.2, 0.25) is 5.28 Å². The highest BCUT2D eigenvalue weighted by atomic mass is 35.5. The molecule has 0 aromatic carbocycles. The predicted octanol–water partition coefficient (Wildman–Crippen LogP) is 3.50. The van der Waals surface area contributed by atoms with E-state index in [4.69, 9.17) is 16.3 Å². The summed E-state index contributed by atoms with van der Waals surface area (Å²) in [7, 11) is 0. The molecule has 1 aromatic heterocycles. The van der Waals surface area contributed by atoms with Crippen molar-refractivity contribution in [3.05, 3.63) is 17.0 Å². The highest BCUT2D eigenvalue weighted by molar-refractivity contribution is 6.28. The van der Waals surface area contributed by atoms with Gasteiger partial charge in [0, 0.05) is 25.9 Å². The second kappa shape index (κ2) is 9.71. The first kappa shape index (κ1) is 18.0. The number of hydrogen-bond donors (Lipinski definition) is 1. The van der Waals surface area contributed by atoms with E-state index in [1.54, 1.807) is 6.20 Å². The first-order chi connectivity index (χ1) is 11.2. The first-order valence-corrected chi connectivity index (χ1v) is 8.78. The van der Waals surface area contributed by atoms with Gasteiger partial charge in [-0.05, 0) is 37.8 Å². The molecule has 1 unspecified atom stereocenters. The Balaban J connectivity index is 2.14. The molecule has 0 amide bonds. The van der Waals surface area contributed by atoms with Crippen molar-refractivity contribution in [2.75, 3.05) is 25.1 Å². The Hall–Kier alpha value is -1.35. The fourth-order valence-corrected chi connectivity index (χ4v) is 2.64. The van der Waals surface area contributed by atoms with Crippen LogP contribution in [0.5, 0.6) is 0 Å². The molecule has 2 rings (SSSR count). The Bertz CT molecular complexity index is 543. The average molecular weight is 337 g/mol. The molecule has 2 heterocycles. The van der Waals surface area contributed by atoms with Crippen LogP contribution in [0.25, 0.3) is 0 Å². The number of anilines is 1. The Kier molecular flexibility index (Phi) is 7.60. The molecule has 0 spiro atoms. The number of nitrogens with one attached hydrogen (secondary N) is 1. The number of ether oxygens (including phenoxy) is 1. The van der Waals surface area contributed by atoms with Gasteiger partial charge in [-0.2, -0.15) is 4.98 Å². The summed E-state index contributed by atoms with van der Waals surface area (Å²) in [4.78, 5) is 8.35. The predicted molar refractivity (Wildman–Crippen MR) is 93.3 cm³/mol. The molecule has 1 aliphatic heterocycles. The summed E-state index contributed by atoms with van der Waals surface area (Å²) >= 11 is 5.94. The smallest absolute Gasteiger partial charge is 0.224 e. The average Bonchev–Trinajstić information content (AvgIpc) is 2.55. The van der Waals surface area contributed by atoms with E-state index in [0.29, 0.717) is 12.4 Å². The fraction of sp³-hybridized carbons (Fsp3) is 0.647. The van der Waals surface area contributed by atoms with E-state index in [-0.39, 0.29) is 11.4 Å². The summed E-state index contributed by atoms with van der Waals surface area (Å²) in [5, 5.41) is 2.39. The lowest BCUT2D eigenvalue weighted by molar-refractivity contribution is 0.0963. The summed E-state index contributed by atoms with van der Waals surface area (Å²) in [6, 6.07) is 0. The molecule has 6 heteroatoms. The Morgan fingerprint density at radius 1 is 1.35 bits per heavy atom. The number of piperidine rings is 1. The molecule has 0 bridgehead atoms. The third-order valence-corrected chi connectivity index (χ3v) is 3.85. The van der Waals surface area contributed by atoms with Crippen molar-refractivity contribution in [2.45, 2.75) is 52.1 Å². The molecule has 0 radical (unpaired) electrons. The van der Waals surface area contributed by atoms with Crippen LogP contribution < -0.4 is 5.43 Å². The molecule has 5 nitrogen and oxygen atoms in total. The van der Waals surface area contributed by atoms with Gasteiger partial charge in [0.05, 0.1) is 5.56 Å². The molecule has 1 fully saturated rings. The van der Waals surface area contributed by atoms with Gasteiger partial charge >= 0.3 is 0 Å². The van der Waals surface area contributed by atoms with Gasteiger partial charge in [0.2, 0.25) is 5.28 Å². The lowest BCUT2D eigenvalue weighted by Gasteiger charge is -2.27. The molecule has 1 atom stereocenters. The van der Waals surface area contributed by atoms with Gasteiger partial charge in [-0.15, -0.1) is 0 Å². The second-order valence-electron chi connectivity index (χ2n) is 5.56. The van der Waals surface area contributed by atoms with Crippen LogP contribution in [0.3, 0.4) is 0 Å². The Morgan fingerprint density at radius 2 is 2.13 bits per heavy atom. The highest BCUT2D eigenvalue weighted by Gasteiger charge is 2.13. The van der Waals surface area contributed by atoms with Crippen molar-refractivity contribution >= 4 is 17.4 Å². The molecule has 1 N–H and O–H groups in total. The van der Waals surface area contributed by atoms with Gasteiger partial charge in [0.15, 0.2) is 5.82 Å². The summed E-state index contributed by atoms with van der Waals surface area (Å²) in [6.45, 7) is 6.79. The molecular formula is C17H25ClN4O. The molecule has 0 saturated carbocycles. The molecule has 0 aliphatic carbocycles. The number of hydrogen-bond acceptors (Lipinski definition) is 5. The molecule has 1 aromatic rings. The van der Waals surface area contributed by atoms with Crippen molar-refractivity contribution in [3.8, 4) is 11.8 Å². The first-order valence-electron chi connectivity index (χ1n) is 8.40. The zero-order chi connectivity index (χ0) is 16.5. The minimum Gasteiger partial charge on any atom is -0.366 e. The Labute approximate surface area is 143 Å². The highest BCUT2D eigenvalue weighted by Crippen LogP contribution is 2.16. The van der Waals surface area contributed by atoms with Crippen LogP contribution in [-0.2, 0) is 4.74 Å². The van der Waals surface area contributed by atoms with Gasteiger partial charge in [-0.25, -0.2) is 9.99 Å². The van der Waals surface area contributed by atoms with Crippen LogP contribution in [0, 0.1) is 11.8 Å². The van der Waals surface area contributed by atoms with Crippen molar-refractivity contribution < 1.29 is 4.74 Å². The van der Waals surface area contributed by atoms with Crippen molar-refractivity contribution in [1.82, 2.24) is 15.0 Å². The minimum absolute atomic E-state index is 0.0523. The molecule has 1 aliphatic rings. The third-order valence-electron chi connectivity index (χ3n) is 3.67. The summed E-state index contributed by atoms with van der Waals surface area (Å²) in [5.74, 6) is 7.01. The van der Waals surface area contributed by atoms with E-state index >= 15 is 0 Å². The van der Waals surface area contributed by atoms with Crippen LogP contribution in [0.15, 0.2) is 6.20 Å². The zero-order valence-electron chi connectivity index (χ0n) is 13.9. The fourth-order valence-electron chi connectivity index (χ4n) is 2.51. The van der Waals surface area contributed by atoms with Gasteiger partial charge in [-0.1, -0.05) is 31.6 Å². The third kappa shape index (κ3) is 5.98. The van der Waals surface area contributed by atoms with Crippen LogP contribution in [0.1, 0.15) is 51.5 Å². The number of aromatic nitrogens is 2. The summed E-state index contributed by atoms with van der Waals surface area (Å²) in [5.41, 5.74) is 4.08. The number of rotatable bonds is 6. The van der Waals surface area contributed by atoms with Crippen LogP contribution in [0.4, 0.5) is 5.82 Å². The van der Waals surface area contributed by atoms with Crippen molar-refractivity contribution in [3.63, 3.8) is 0 Å². The topological polar surface area (TPSA) is 50.3 Å². The second-order valence-corrected chi connectivity index (χ2v) is 5.90. The van der Waals surface area contributed by atoms with E-state index in [0.717, 1.165) is 31.5 Å². The van der Waals surface area contributed by atoms with E-state index < -0.39 is 0 Å². The SMILES string of the molecule is CCCC(C#Cc1cnc(Cl)nc1NN1CCCCC1)OCC. The number of halogens is 1. The summed E-state index contributed by atoms with van der Waals surface area (Å²) in [6.07, 6.45) is 7.24. The maximum atomic E-state index is 5.94. The molecule has 126 valence electrons. The maximum absolute atomic E-state index is 5.94. The Morgan fingerprint density at radius 3 is 2.83 bits per heavy atom.